The summed E-state index contributed by atoms with van der Waals surface area (Å²) in [5, 5.41) is 0.311. The molecular formula is C21H36N2OSi. The lowest BCUT2D eigenvalue weighted by Crippen LogP contribution is -2.40. The highest BCUT2D eigenvalue weighted by molar-refractivity contribution is 6.74. The van der Waals surface area contributed by atoms with Crippen LogP contribution in [-0.2, 0) is 11.0 Å². The molecule has 0 aliphatic rings. The Morgan fingerprint density at radius 2 is 1.76 bits per heavy atom. The lowest BCUT2D eigenvalue weighted by atomic mass is 10.1. The van der Waals surface area contributed by atoms with E-state index in [2.05, 4.69) is 50.7 Å². The monoisotopic (exact) mass is 360 g/mol. The Labute approximate surface area is 155 Å². The molecule has 25 heavy (non-hydrogen) atoms. The van der Waals surface area contributed by atoms with Gasteiger partial charge in [0.15, 0.2) is 8.32 Å². The molecule has 0 bridgehead atoms. The zero-order valence-electron chi connectivity index (χ0n) is 16.8. The second kappa shape index (κ2) is 10.8. The predicted molar refractivity (Wildman–Crippen MR) is 110 cm³/mol. The van der Waals surface area contributed by atoms with Gasteiger partial charge in [-0.3, -0.25) is 4.98 Å². The number of unbranched alkanes of at least 4 members (excludes halogenated alkanes) is 5. The molecule has 2 N–H and O–H groups in total. The Balaban J connectivity index is 2.07. The zero-order valence-corrected chi connectivity index (χ0v) is 17.8. The number of nitrogens with two attached hydrogens (primary N) is 1. The molecule has 0 saturated heterocycles. The fraction of sp³-hybridized carbons (Fsp3) is 0.667. The first-order valence-corrected chi connectivity index (χ1v) is 12.4. The van der Waals surface area contributed by atoms with E-state index in [-0.39, 0.29) is 0 Å². The van der Waals surface area contributed by atoms with Crippen LogP contribution in [0.5, 0.6) is 0 Å². The van der Waals surface area contributed by atoms with Crippen LogP contribution < -0.4 is 5.73 Å². The zero-order chi connectivity index (χ0) is 18.8. The van der Waals surface area contributed by atoms with Gasteiger partial charge in [0.05, 0.1) is 5.69 Å². The third-order valence-corrected chi connectivity index (χ3v) is 9.52. The molecule has 140 valence electrons. The standard InChI is InChI=1S/C21H36N2OSi/c1-21(2,3)25(4,5)24-16-12-10-8-6-7-9-11-13-19-14-15-20(17-22)23-18-19/h14-15,18H,6-10,12,16-17,22H2,1-5H3. The van der Waals surface area contributed by atoms with E-state index >= 15 is 0 Å². The largest absolute Gasteiger partial charge is 0.417 e. The average molecular weight is 361 g/mol. The lowest BCUT2D eigenvalue weighted by Gasteiger charge is -2.36. The second-order valence-electron chi connectivity index (χ2n) is 8.17. The van der Waals surface area contributed by atoms with Crippen molar-refractivity contribution in [1.82, 2.24) is 4.98 Å². The summed E-state index contributed by atoms with van der Waals surface area (Å²) >= 11 is 0. The summed E-state index contributed by atoms with van der Waals surface area (Å²) < 4.78 is 6.21. The van der Waals surface area contributed by atoms with E-state index < -0.39 is 8.32 Å². The van der Waals surface area contributed by atoms with Gasteiger partial charge in [-0.1, -0.05) is 51.9 Å². The second-order valence-corrected chi connectivity index (χ2v) is 13.0. The van der Waals surface area contributed by atoms with E-state index in [1.165, 1.54) is 32.1 Å². The van der Waals surface area contributed by atoms with E-state index in [9.17, 15) is 0 Å². The summed E-state index contributed by atoms with van der Waals surface area (Å²) in [6.45, 7) is 12.9. The maximum Gasteiger partial charge on any atom is 0.191 e. The Morgan fingerprint density at radius 1 is 1.08 bits per heavy atom. The van der Waals surface area contributed by atoms with Gasteiger partial charge in [-0.25, -0.2) is 0 Å². The lowest BCUT2D eigenvalue weighted by molar-refractivity contribution is 0.277. The molecule has 0 aliphatic carbocycles. The molecule has 0 spiro atoms. The van der Waals surface area contributed by atoms with Crippen LogP contribution in [0.3, 0.4) is 0 Å². The van der Waals surface area contributed by atoms with E-state index in [4.69, 9.17) is 10.2 Å². The molecule has 3 nitrogen and oxygen atoms in total. The molecule has 0 amide bonds. The van der Waals surface area contributed by atoms with Crippen LogP contribution in [0.15, 0.2) is 18.3 Å². The molecule has 1 aromatic rings. The average Bonchev–Trinajstić information content (AvgIpc) is 2.56. The van der Waals surface area contributed by atoms with Gasteiger partial charge in [0.2, 0.25) is 0 Å². The molecule has 0 fully saturated rings. The van der Waals surface area contributed by atoms with Gasteiger partial charge < -0.3 is 10.2 Å². The topological polar surface area (TPSA) is 48.1 Å². The van der Waals surface area contributed by atoms with E-state index in [1.807, 2.05) is 12.1 Å². The number of hydrogen-bond donors (Lipinski definition) is 1. The molecule has 0 aliphatic heterocycles. The molecule has 1 aromatic heterocycles. The highest BCUT2D eigenvalue weighted by Crippen LogP contribution is 2.36. The van der Waals surface area contributed by atoms with Crippen LogP contribution in [-0.4, -0.2) is 19.9 Å². The molecule has 1 rings (SSSR count). The first-order valence-electron chi connectivity index (χ1n) is 9.54. The third-order valence-electron chi connectivity index (χ3n) is 4.98. The molecule has 0 saturated carbocycles. The molecule has 0 aromatic carbocycles. The maximum absolute atomic E-state index is 6.21. The van der Waals surface area contributed by atoms with Crippen molar-refractivity contribution in [3.05, 3.63) is 29.6 Å². The SMILES string of the molecule is CC(C)(C)[Si](C)(C)OCCCCCCCC#Cc1ccc(CN)nc1. The summed E-state index contributed by atoms with van der Waals surface area (Å²) in [6.07, 6.45) is 8.89. The quantitative estimate of drug-likeness (QED) is 0.371. The normalized spacial score (nSPS) is 11.9. The maximum atomic E-state index is 6.21. The fourth-order valence-electron chi connectivity index (χ4n) is 2.17. The Hall–Kier alpha value is -1.15. The minimum Gasteiger partial charge on any atom is -0.417 e. The highest BCUT2D eigenvalue weighted by atomic mass is 28.4. The van der Waals surface area contributed by atoms with Gasteiger partial charge in [-0.15, -0.1) is 0 Å². The van der Waals surface area contributed by atoms with Crippen LogP contribution in [0, 0.1) is 11.8 Å². The van der Waals surface area contributed by atoms with Gasteiger partial charge in [-0.05, 0) is 43.1 Å². The van der Waals surface area contributed by atoms with Gasteiger partial charge in [-0.2, -0.15) is 0 Å². The third kappa shape index (κ3) is 8.67. The van der Waals surface area contributed by atoms with Crippen molar-refractivity contribution >= 4 is 8.32 Å². The van der Waals surface area contributed by atoms with Crippen LogP contribution in [0.25, 0.3) is 0 Å². The summed E-state index contributed by atoms with van der Waals surface area (Å²) in [4.78, 5) is 4.25. The number of nitrogens with zero attached hydrogens (tertiary/aromatic N) is 1. The van der Waals surface area contributed by atoms with Crippen LogP contribution in [0.2, 0.25) is 18.1 Å². The van der Waals surface area contributed by atoms with Gasteiger partial charge in [0.25, 0.3) is 0 Å². The van der Waals surface area contributed by atoms with Crippen LogP contribution >= 0.6 is 0 Å². The summed E-state index contributed by atoms with van der Waals surface area (Å²) in [7, 11) is -1.56. The summed E-state index contributed by atoms with van der Waals surface area (Å²) in [5.41, 5.74) is 7.41. The van der Waals surface area contributed by atoms with Crippen LogP contribution in [0.4, 0.5) is 0 Å². The Morgan fingerprint density at radius 3 is 2.36 bits per heavy atom. The molecule has 0 atom stereocenters. The number of aromatic nitrogens is 1. The number of hydrogen-bond acceptors (Lipinski definition) is 3. The van der Waals surface area contributed by atoms with Crippen molar-refractivity contribution in [3.8, 4) is 11.8 Å². The van der Waals surface area contributed by atoms with Crippen molar-refractivity contribution in [1.29, 1.82) is 0 Å². The van der Waals surface area contributed by atoms with Gasteiger partial charge in [0.1, 0.15) is 0 Å². The van der Waals surface area contributed by atoms with Gasteiger partial charge >= 0.3 is 0 Å². The van der Waals surface area contributed by atoms with Crippen molar-refractivity contribution in [3.63, 3.8) is 0 Å². The van der Waals surface area contributed by atoms with Crippen molar-refractivity contribution < 1.29 is 4.43 Å². The predicted octanol–water partition coefficient (Wildman–Crippen LogP) is 5.25. The Kier molecular flexibility index (Phi) is 9.41. The molecule has 4 heteroatoms. The van der Waals surface area contributed by atoms with Crippen LogP contribution in [0.1, 0.15) is 70.6 Å². The first-order chi connectivity index (χ1) is 11.8. The minimum atomic E-state index is -1.56. The van der Waals surface area contributed by atoms with Gasteiger partial charge in [0, 0.05) is 31.3 Å². The number of rotatable bonds is 9. The fourth-order valence-corrected chi connectivity index (χ4v) is 3.26. The molecule has 1 heterocycles. The van der Waals surface area contributed by atoms with E-state index in [0.717, 1.165) is 24.3 Å². The highest BCUT2D eigenvalue weighted by Gasteiger charge is 2.36. The van der Waals surface area contributed by atoms with Crippen molar-refractivity contribution in [2.24, 2.45) is 5.73 Å². The smallest absolute Gasteiger partial charge is 0.191 e. The summed E-state index contributed by atoms with van der Waals surface area (Å²) in [6, 6.07) is 3.93. The van der Waals surface area contributed by atoms with Crippen molar-refractivity contribution in [2.45, 2.75) is 84.0 Å². The molecular weight excluding hydrogens is 324 g/mol. The minimum absolute atomic E-state index is 0.311. The first kappa shape index (κ1) is 21.9. The number of pyridine rings is 1. The summed E-state index contributed by atoms with van der Waals surface area (Å²) in [5.74, 6) is 6.41. The molecule has 0 unspecified atom stereocenters. The van der Waals surface area contributed by atoms with E-state index in [1.54, 1.807) is 6.20 Å². The van der Waals surface area contributed by atoms with E-state index in [0.29, 0.717) is 11.6 Å². The van der Waals surface area contributed by atoms with Crippen molar-refractivity contribution in [2.75, 3.05) is 6.61 Å². The molecule has 0 radical (unpaired) electrons. The Bertz CT molecular complexity index is 550.